The maximum Gasteiger partial charge on any atom is 0.355 e. The molecule has 0 aliphatic carbocycles. The van der Waals surface area contributed by atoms with Crippen LogP contribution in [0.5, 0.6) is 5.75 Å². The van der Waals surface area contributed by atoms with E-state index in [0.717, 1.165) is 0 Å². The van der Waals surface area contributed by atoms with Gasteiger partial charge < -0.3 is 15.2 Å². The molecule has 0 aliphatic heterocycles. The number of hydrogen-bond acceptors (Lipinski definition) is 5. The SMILES string of the molecule is COc1ccc(Cl)cc1CC(=O)NCCc1nc(C(=O)O)cs1. The van der Waals surface area contributed by atoms with E-state index in [1.54, 1.807) is 18.2 Å². The molecule has 2 aromatic rings. The molecule has 23 heavy (non-hydrogen) atoms. The molecule has 0 saturated heterocycles. The van der Waals surface area contributed by atoms with Gasteiger partial charge in [0.05, 0.1) is 18.5 Å². The molecule has 0 bridgehead atoms. The van der Waals surface area contributed by atoms with Crippen LogP contribution in [-0.4, -0.2) is 35.6 Å². The Morgan fingerprint density at radius 3 is 2.87 bits per heavy atom. The van der Waals surface area contributed by atoms with E-state index in [2.05, 4.69) is 10.3 Å². The number of hydrogen-bond donors (Lipinski definition) is 2. The monoisotopic (exact) mass is 354 g/mol. The van der Waals surface area contributed by atoms with E-state index in [4.69, 9.17) is 21.4 Å². The number of halogens is 1. The number of carbonyl (C=O) groups excluding carboxylic acids is 1. The summed E-state index contributed by atoms with van der Waals surface area (Å²) in [5.41, 5.74) is 0.736. The number of nitrogens with one attached hydrogen (secondary N) is 1. The Labute approximate surface area is 142 Å². The average Bonchev–Trinajstić information content (AvgIpc) is 2.96. The van der Waals surface area contributed by atoms with Gasteiger partial charge in [0, 0.05) is 28.9 Å². The van der Waals surface area contributed by atoms with Crippen molar-refractivity contribution in [2.24, 2.45) is 0 Å². The number of methoxy groups -OCH3 is 1. The standard InChI is InChI=1S/C15H15ClN2O4S/c1-22-12-3-2-10(16)6-9(12)7-13(19)17-5-4-14-18-11(8-23-14)15(20)21/h2-3,6,8H,4-5,7H2,1H3,(H,17,19)(H,20,21). The zero-order valence-electron chi connectivity index (χ0n) is 12.3. The van der Waals surface area contributed by atoms with E-state index in [1.807, 2.05) is 0 Å². The summed E-state index contributed by atoms with van der Waals surface area (Å²) < 4.78 is 5.20. The van der Waals surface area contributed by atoms with E-state index in [9.17, 15) is 9.59 Å². The fraction of sp³-hybridized carbons (Fsp3) is 0.267. The first-order valence-corrected chi connectivity index (χ1v) is 8.02. The second-order valence-corrected chi connectivity index (χ2v) is 6.04. The third-order valence-electron chi connectivity index (χ3n) is 3.03. The van der Waals surface area contributed by atoms with E-state index >= 15 is 0 Å². The predicted molar refractivity (Wildman–Crippen MR) is 87.5 cm³/mol. The minimum Gasteiger partial charge on any atom is -0.496 e. The summed E-state index contributed by atoms with van der Waals surface area (Å²) in [4.78, 5) is 26.7. The summed E-state index contributed by atoms with van der Waals surface area (Å²) in [5.74, 6) is -0.610. The largest absolute Gasteiger partial charge is 0.496 e. The number of thiazole rings is 1. The fourth-order valence-electron chi connectivity index (χ4n) is 1.95. The second kappa shape index (κ2) is 7.94. The highest BCUT2D eigenvalue weighted by atomic mass is 35.5. The van der Waals surface area contributed by atoms with Gasteiger partial charge in [-0.15, -0.1) is 11.3 Å². The Hall–Kier alpha value is -2.12. The highest BCUT2D eigenvalue weighted by Gasteiger charge is 2.11. The van der Waals surface area contributed by atoms with Gasteiger partial charge in [-0.1, -0.05) is 11.6 Å². The zero-order chi connectivity index (χ0) is 16.8. The summed E-state index contributed by atoms with van der Waals surface area (Å²) in [6, 6.07) is 5.11. The molecular formula is C15H15ClN2O4S. The zero-order valence-corrected chi connectivity index (χ0v) is 13.9. The van der Waals surface area contributed by atoms with Crippen molar-refractivity contribution in [2.45, 2.75) is 12.8 Å². The molecule has 0 saturated carbocycles. The van der Waals surface area contributed by atoms with Gasteiger partial charge in [-0.25, -0.2) is 9.78 Å². The van der Waals surface area contributed by atoms with E-state index in [0.29, 0.717) is 34.3 Å². The van der Waals surface area contributed by atoms with Crippen LogP contribution in [0.25, 0.3) is 0 Å². The van der Waals surface area contributed by atoms with Crippen LogP contribution in [-0.2, 0) is 17.6 Å². The molecule has 0 unspecified atom stereocenters. The van der Waals surface area contributed by atoms with Gasteiger partial charge in [-0.3, -0.25) is 4.79 Å². The number of benzene rings is 1. The number of carboxylic acids is 1. The van der Waals surface area contributed by atoms with Crippen LogP contribution < -0.4 is 10.1 Å². The van der Waals surface area contributed by atoms with Gasteiger partial charge in [0.25, 0.3) is 0 Å². The molecule has 0 spiro atoms. The Morgan fingerprint density at radius 2 is 2.22 bits per heavy atom. The van der Waals surface area contributed by atoms with Crippen molar-refractivity contribution in [3.05, 3.63) is 44.9 Å². The van der Waals surface area contributed by atoms with Gasteiger partial charge in [-0.2, -0.15) is 0 Å². The molecule has 0 radical (unpaired) electrons. The average molecular weight is 355 g/mol. The summed E-state index contributed by atoms with van der Waals surface area (Å²) in [6.45, 7) is 0.383. The van der Waals surface area contributed by atoms with Gasteiger partial charge in [-0.05, 0) is 18.2 Å². The molecule has 1 amide bonds. The smallest absolute Gasteiger partial charge is 0.355 e. The molecule has 122 valence electrons. The van der Waals surface area contributed by atoms with Crippen LogP contribution in [0.4, 0.5) is 0 Å². The van der Waals surface area contributed by atoms with Crippen LogP contribution in [0.1, 0.15) is 21.1 Å². The Bertz CT molecular complexity index is 717. The van der Waals surface area contributed by atoms with Crippen molar-refractivity contribution in [2.75, 3.05) is 13.7 Å². The first kappa shape index (κ1) is 17.2. The van der Waals surface area contributed by atoms with Gasteiger partial charge in [0.1, 0.15) is 5.75 Å². The van der Waals surface area contributed by atoms with Crippen molar-refractivity contribution >= 4 is 34.8 Å². The highest BCUT2D eigenvalue weighted by Crippen LogP contribution is 2.23. The molecular weight excluding hydrogens is 340 g/mol. The van der Waals surface area contributed by atoms with Gasteiger partial charge in [0.2, 0.25) is 5.91 Å². The van der Waals surface area contributed by atoms with E-state index < -0.39 is 5.97 Å². The molecule has 2 rings (SSSR count). The van der Waals surface area contributed by atoms with Crippen LogP contribution in [0.3, 0.4) is 0 Å². The van der Waals surface area contributed by atoms with Gasteiger partial charge in [0.15, 0.2) is 5.69 Å². The third kappa shape index (κ3) is 4.94. The molecule has 1 aromatic heterocycles. The number of aromatic carboxylic acids is 1. The summed E-state index contributed by atoms with van der Waals surface area (Å²) in [7, 11) is 1.53. The normalized spacial score (nSPS) is 10.3. The number of rotatable bonds is 7. The lowest BCUT2D eigenvalue weighted by molar-refractivity contribution is -0.120. The van der Waals surface area contributed by atoms with Crippen molar-refractivity contribution in [3.8, 4) is 5.75 Å². The van der Waals surface area contributed by atoms with Crippen LogP contribution >= 0.6 is 22.9 Å². The Balaban J connectivity index is 1.85. The molecule has 8 heteroatoms. The van der Waals surface area contributed by atoms with Gasteiger partial charge >= 0.3 is 5.97 Å². The first-order valence-electron chi connectivity index (χ1n) is 6.76. The quantitative estimate of drug-likeness (QED) is 0.797. The maximum atomic E-state index is 12.0. The first-order chi connectivity index (χ1) is 11.0. The number of aromatic nitrogens is 1. The van der Waals surface area contributed by atoms with Crippen molar-refractivity contribution < 1.29 is 19.4 Å². The molecule has 0 aliphatic rings. The molecule has 2 N–H and O–H groups in total. The summed E-state index contributed by atoms with van der Waals surface area (Å²) in [5, 5.41) is 14.3. The number of carbonyl (C=O) groups is 2. The predicted octanol–water partition coefficient (Wildman–Crippen LogP) is 2.40. The van der Waals surface area contributed by atoms with Crippen molar-refractivity contribution in [3.63, 3.8) is 0 Å². The highest BCUT2D eigenvalue weighted by molar-refractivity contribution is 7.09. The second-order valence-electron chi connectivity index (χ2n) is 4.66. The minimum absolute atomic E-state index is 0.0278. The maximum absolute atomic E-state index is 12.0. The number of carboxylic acid groups (broad SMARTS) is 1. The minimum atomic E-state index is -1.05. The molecule has 1 aromatic carbocycles. The topological polar surface area (TPSA) is 88.5 Å². The van der Waals surface area contributed by atoms with Crippen LogP contribution in [0.15, 0.2) is 23.6 Å². The number of ether oxygens (including phenoxy) is 1. The van der Waals surface area contributed by atoms with Crippen LogP contribution in [0, 0.1) is 0 Å². The molecule has 6 nitrogen and oxygen atoms in total. The lowest BCUT2D eigenvalue weighted by Crippen LogP contribution is -2.27. The lowest BCUT2D eigenvalue weighted by Gasteiger charge is -2.09. The van der Waals surface area contributed by atoms with E-state index in [1.165, 1.54) is 23.8 Å². The van der Waals surface area contributed by atoms with Crippen LogP contribution in [0.2, 0.25) is 5.02 Å². The number of amides is 1. The molecule has 0 fully saturated rings. The Morgan fingerprint density at radius 1 is 1.43 bits per heavy atom. The van der Waals surface area contributed by atoms with Crippen molar-refractivity contribution in [1.82, 2.24) is 10.3 Å². The molecule has 1 heterocycles. The summed E-state index contributed by atoms with van der Waals surface area (Å²) >= 11 is 7.19. The lowest BCUT2D eigenvalue weighted by atomic mass is 10.1. The Kier molecular flexibility index (Phi) is 5.95. The fourth-order valence-corrected chi connectivity index (χ4v) is 2.92. The summed E-state index contributed by atoms with van der Waals surface area (Å²) in [6.07, 6.45) is 0.637. The number of nitrogens with zero attached hydrogens (tertiary/aromatic N) is 1. The van der Waals surface area contributed by atoms with E-state index in [-0.39, 0.29) is 18.0 Å². The molecule has 0 atom stereocenters. The van der Waals surface area contributed by atoms with Crippen molar-refractivity contribution in [1.29, 1.82) is 0 Å². The third-order valence-corrected chi connectivity index (χ3v) is 4.17.